The smallest absolute Gasteiger partial charge is 0.263 e. The van der Waals surface area contributed by atoms with Crippen molar-refractivity contribution in [2.24, 2.45) is 10.3 Å². The predicted molar refractivity (Wildman–Crippen MR) is 98.0 cm³/mol. The number of rotatable bonds is 4. The first-order valence-corrected chi connectivity index (χ1v) is 8.89. The molecule has 2 aliphatic rings. The number of carbonyl (C=O) groups excluding carboxylic acids is 3. The fourth-order valence-electron chi connectivity index (χ4n) is 3.16. The van der Waals surface area contributed by atoms with Crippen molar-refractivity contribution in [3.8, 4) is 0 Å². The Labute approximate surface area is 171 Å². The number of halogens is 4. The van der Waals surface area contributed by atoms with E-state index in [-0.39, 0.29) is 16.4 Å². The van der Waals surface area contributed by atoms with Crippen LogP contribution in [0.1, 0.15) is 0 Å². The van der Waals surface area contributed by atoms with Crippen LogP contribution in [0, 0.1) is 17.5 Å². The van der Waals surface area contributed by atoms with Crippen LogP contribution in [-0.2, 0) is 14.4 Å². The van der Waals surface area contributed by atoms with E-state index >= 15 is 0 Å². The summed E-state index contributed by atoms with van der Waals surface area (Å²) in [6, 6.07) is 3.47. The molecule has 0 unspecified atom stereocenters. The quantitative estimate of drug-likeness (QED) is 0.744. The lowest BCUT2D eigenvalue weighted by molar-refractivity contribution is -0.123. The Hall–Kier alpha value is -3.47. The van der Waals surface area contributed by atoms with Gasteiger partial charge in [-0.3, -0.25) is 19.4 Å². The third-order valence-corrected chi connectivity index (χ3v) is 4.82. The minimum absolute atomic E-state index is 0.0484. The Morgan fingerprint density at radius 1 is 1.07 bits per heavy atom. The van der Waals surface area contributed by atoms with E-state index in [1.54, 1.807) is 0 Å². The Morgan fingerprint density at radius 2 is 1.80 bits per heavy atom. The van der Waals surface area contributed by atoms with Crippen molar-refractivity contribution in [1.29, 1.82) is 0 Å². The van der Waals surface area contributed by atoms with Crippen LogP contribution in [0.15, 0.2) is 46.7 Å². The SMILES string of the molecule is O=C(CN1N=N[C@@H]2C(=O)N(c3ccc(F)c(Cl)c3)C(=O)[C@@H]21)Nc1cc(F)ccc1F. The molecule has 8 nitrogen and oxygen atoms in total. The van der Waals surface area contributed by atoms with Gasteiger partial charge in [-0.15, -0.1) is 0 Å². The van der Waals surface area contributed by atoms with Gasteiger partial charge in [0.1, 0.15) is 24.0 Å². The molecule has 4 rings (SSSR count). The van der Waals surface area contributed by atoms with Crippen molar-refractivity contribution in [2.45, 2.75) is 12.1 Å². The summed E-state index contributed by atoms with van der Waals surface area (Å²) < 4.78 is 40.3. The molecular formula is C18H11ClF3N5O3. The van der Waals surface area contributed by atoms with Gasteiger partial charge in [0.25, 0.3) is 11.8 Å². The molecule has 2 aliphatic heterocycles. The molecule has 30 heavy (non-hydrogen) atoms. The third kappa shape index (κ3) is 3.36. The standard InChI is InChI=1S/C18H11ClF3N5O3/c19-10-6-9(2-4-11(10)21)27-17(29)15-16(18(27)30)26(25-24-15)7-14(28)23-13-5-8(20)1-3-12(13)22/h1-6,15-16H,7H2,(H,23,28)/t15-,16+/m0/s1. The number of hydrogen-bond acceptors (Lipinski definition) is 6. The minimum atomic E-state index is -1.20. The first-order valence-electron chi connectivity index (χ1n) is 8.51. The van der Waals surface area contributed by atoms with Gasteiger partial charge in [-0.2, -0.15) is 5.11 Å². The number of nitrogens with zero attached hydrogens (tertiary/aromatic N) is 4. The van der Waals surface area contributed by atoms with Crippen molar-refractivity contribution in [3.05, 3.63) is 58.9 Å². The number of fused-ring (bicyclic) bond motifs is 1. The maximum Gasteiger partial charge on any atom is 0.263 e. The molecule has 1 N–H and O–H groups in total. The van der Waals surface area contributed by atoms with E-state index < -0.39 is 53.8 Å². The number of anilines is 2. The summed E-state index contributed by atoms with van der Waals surface area (Å²) in [4.78, 5) is 38.4. The molecule has 0 aromatic heterocycles. The Morgan fingerprint density at radius 3 is 2.53 bits per heavy atom. The highest BCUT2D eigenvalue weighted by atomic mass is 35.5. The predicted octanol–water partition coefficient (Wildman–Crippen LogP) is 2.69. The van der Waals surface area contributed by atoms with E-state index in [4.69, 9.17) is 11.6 Å². The van der Waals surface area contributed by atoms with Gasteiger partial charge < -0.3 is 5.32 Å². The molecule has 2 heterocycles. The van der Waals surface area contributed by atoms with E-state index in [2.05, 4.69) is 15.7 Å². The van der Waals surface area contributed by atoms with Crippen molar-refractivity contribution < 1.29 is 27.6 Å². The molecule has 2 aromatic carbocycles. The van der Waals surface area contributed by atoms with Crippen molar-refractivity contribution in [2.75, 3.05) is 16.8 Å². The molecule has 1 fully saturated rings. The number of carbonyl (C=O) groups is 3. The second-order valence-corrected chi connectivity index (χ2v) is 6.88. The van der Waals surface area contributed by atoms with Gasteiger partial charge in [-0.05, 0) is 30.3 Å². The van der Waals surface area contributed by atoms with Gasteiger partial charge in [0.15, 0.2) is 12.1 Å². The Kier molecular flexibility index (Phi) is 4.90. The van der Waals surface area contributed by atoms with Crippen molar-refractivity contribution >= 4 is 40.7 Å². The highest BCUT2D eigenvalue weighted by molar-refractivity contribution is 6.32. The number of nitrogens with one attached hydrogen (secondary N) is 1. The van der Waals surface area contributed by atoms with Crippen molar-refractivity contribution in [3.63, 3.8) is 0 Å². The summed E-state index contributed by atoms with van der Waals surface area (Å²) in [5.41, 5.74) is -0.337. The number of hydrogen-bond donors (Lipinski definition) is 1. The molecule has 3 amide bonds. The zero-order valence-electron chi connectivity index (χ0n) is 14.9. The molecule has 0 radical (unpaired) electrons. The molecule has 0 spiro atoms. The fourth-order valence-corrected chi connectivity index (χ4v) is 3.34. The third-order valence-electron chi connectivity index (χ3n) is 4.53. The van der Waals surface area contributed by atoms with E-state index in [0.29, 0.717) is 0 Å². The summed E-state index contributed by atoms with van der Waals surface area (Å²) in [5, 5.41) is 10.3. The normalized spacial score (nSPS) is 20.1. The second-order valence-electron chi connectivity index (χ2n) is 6.47. The molecule has 2 aromatic rings. The van der Waals surface area contributed by atoms with Gasteiger partial charge in [0.2, 0.25) is 5.91 Å². The number of imide groups is 1. The van der Waals surface area contributed by atoms with Crippen molar-refractivity contribution in [1.82, 2.24) is 5.01 Å². The van der Waals surface area contributed by atoms with E-state index in [0.717, 1.165) is 40.2 Å². The van der Waals surface area contributed by atoms with E-state index in [1.807, 2.05) is 0 Å². The molecule has 12 heteroatoms. The van der Waals surface area contributed by atoms with Gasteiger partial charge in [-0.25, -0.2) is 18.1 Å². The van der Waals surface area contributed by atoms with E-state index in [9.17, 15) is 27.6 Å². The molecule has 1 saturated heterocycles. The van der Waals surface area contributed by atoms with Crippen LogP contribution in [0.5, 0.6) is 0 Å². The van der Waals surface area contributed by atoms with Crippen LogP contribution in [0.25, 0.3) is 0 Å². The Balaban J connectivity index is 1.51. The molecular weight excluding hydrogens is 427 g/mol. The van der Waals surface area contributed by atoms with Gasteiger partial charge in [0, 0.05) is 6.07 Å². The first kappa shape index (κ1) is 19.8. The molecule has 0 aliphatic carbocycles. The van der Waals surface area contributed by atoms with Crippen LogP contribution in [0.2, 0.25) is 5.02 Å². The topological polar surface area (TPSA) is 94.4 Å². The highest BCUT2D eigenvalue weighted by Gasteiger charge is 2.55. The molecule has 2 atom stereocenters. The van der Waals surface area contributed by atoms with Gasteiger partial charge >= 0.3 is 0 Å². The first-order chi connectivity index (χ1) is 14.3. The van der Waals surface area contributed by atoms with Gasteiger partial charge in [0.05, 0.1) is 16.4 Å². The molecule has 154 valence electrons. The van der Waals surface area contributed by atoms with Gasteiger partial charge in [-0.1, -0.05) is 16.8 Å². The summed E-state index contributed by atoms with van der Waals surface area (Å²) in [6.07, 6.45) is 0. The van der Waals surface area contributed by atoms with E-state index in [1.165, 1.54) is 6.07 Å². The lowest BCUT2D eigenvalue weighted by atomic mass is 10.1. The minimum Gasteiger partial charge on any atom is -0.322 e. The number of benzene rings is 2. The largest absolute Gasteiger partial charge is 0.322 e. The summed E-state index contributed by atoms with van der Waals surface area (Å²) >= 11 is 5.72. The van der Waals surface area contributed by atoms with Crippen LogP contribution in [-0.4, -0.2) is 41.4 Å². The lowest BCUT2D eigenvalue weighted by Gasteiger charge is -2.20. The Bertz CT molecular complexity index is 1110. The number of amides is 3. The lowest BCUT2D eigenvalue weighted by Crippen LogP contribution is -2.43. The molecule has 0 bridgehead atoms. The molecule has 0 saturated carbocycles. The maximum atomic E-state index is 13.7. The van der Waals surface area contributed by atoms with Crippen LogP contribution in [0.4, 0.5) is 24.5 Å². The zero-order chi connectivity index (χ0) is 21.6. The monoisotopic (exact) mass is 437 g/mol. The summed E-state index contributed by atoms with van der Waals surface area (Å²) in [6.45, 7) is -0.544. The highest BCUT2D eigenvalue weighted by Crippen LogP contribution is 2.33. The maximum absolute atomic E-state index is 13.7. The fraction of sp³-hybridized carbons (Fsp3) is 0.167. The second kappa shape index (κ2) is 7.41. The average Bonchev–Trinajstić information content (AvgIpc) is 3.21. The average molecular weight is 438 g/mol. The van der Waals surface area contributed by atoms with Crippen LogP contribution >= 0.6 is 11.6 Å². The summed E-state index contributed by atoms with van der Waals surface area (Å²) in [7, 11) is 0. The summed E-state index contributed by atoms with van der Waals surface area (Å²) in [5.74, 6) is -4.57. The zero-order valence-corrected chi connectivity index (χ0v) is 15.6. The van der Waals surface area contributed by atoms with Crippen LogP contribution < -0.4 is 10.2 Å². The van der Waals surface area contributed by atoms with Crippen LogP contribution in [0.3, 0.4) is 0 Å².